The fourth-order valence-corrected chi connectivity index (χ4v) is 11.4. The Labute approximate surface area is 214 Å². The molecule has 6 rings (SSSR count). The van der Waals surface area contributed by atoms with Crippen LogP contribution in [0.15, 0.2) is 83.9 Å². The van der Waals surface area contributed by atoms with Crippen molar-refractivity contribution in [3.05, 3.63) is 106 Å². The molecule has 2 aliphatic rings. The molecule has 0 aliphatic heterocycles. The molecule has 4 aromatic carbocycles. The molecular weight excluding hydrogens is 437 g/mol. The van der Waals surface area contributed by atoms with E-state index in [1.54, 1.807) is 36.7 Å². The SMILES string of the molecule is CCC1=Cc2ccc3ccccc3c2[CH]1[Mg][C]1=C(CC)C(=[Si](C)C)c2ccc3ccccc3c21. The molecule has 2 heteroatoms. The van der Waals surface area contributed by atoms with Gasteiger partial charge in [-0.15, -0.1) is 0 Å². The minimum absolute atomic E-state index is 0.564. The highest BCUT2D eigenvalue weighted by atomic mass is 28.2. The fraction of sp³-hybridized carbons (Fsp3) is 0.219. The summed E-state index contributed by atoms with van der Waals surface area (Å²) >= 11 is -0.603. The predicted molar refractivity (Wildman–Crippen MR) is 153 cm³/mol. The third-order valence-electron chi connectivity index (χ3n) is 7.98. The van der Waals surface area contributed by atoms with Gasteiger partial charge in [-0.05, 0) is 56.2 Å². The monoisotopic (exact) mass is 466 g/mol. The Hall–Kier alpha value is -2.27. The zero-order valence-corrected chi connectivity index (χ0v) is 23.1. The van der Waals surface area contributed by atoms with Gasteiger partial charge in [0.2, 0.25) is 0 Å². The van der Waals surface area contributed by atoms with Crippen LogP contribution in [0.1, 0.15) is 53.0 Å². The van der Waals surface area contributed by atoms with Crippen LogP contribution < -0.4 is 0 Å². The van der Waals surface area contributed by atoms with Gasteiger partial charge in [0.25, 0.3) is 0 Å². The van der Waals surface area contributed by atoms with Crippen molar-refractivity contribution in [1.82, 2.24) is 0 Å². The van der Waals surface area contributed by atoms with Crippen LogP contribution in [0.3, 0.4) is 0 Å². The van der Waals surface area contributed by atoms with Crippen LogP contribution in [-0.2, 0) is 0 Å². The number of rotatable bonds is 4. The minimum atomic E-state index is -0.603. The van der Waals surface area contributed by atoms with Gasteiger partial charge in [-0.3, -0.25) is 0 Å². The molecule has 0 fully saturated rings. The lowest BCUT2D eigenvalue weighted by atomic mass is 9.99. The molecule has 0 N–H and O–H groups in total. The summed E-state index contributed by atoms with van der Waals surface area (Å²) in [5.41, 5.74) is 9.55. The van der Waals surface area contributed by atoms with Crippen molar-refractivity contribution in [2.24, 2.45) is 0 Å². The van der Waals surface area contributed by atoms with E-state index in [1.165, 1.54) is 27.1 Å². The Kier molecular flexibility index (Phi) is 5.71. The Morgan fingerprint density at radius 3 is 2.15 bits per heavy atom. The van der Waals surface area contributed by atoms with Crippen molar-refractivity contribution in [2.75, 3.05) is 0 Å². The molecule has 164 valence electrons. The summed E-state index contributed by atoms with van der Waals surface area (Å²) in [5, 5.41) is 7.40. The largest absolute Gasteiger partial charge is 0.427 e. The first kappa shape index (κ1) is 22.2. The molecule has 0 nitrogen and oxygen atoms in total. The van der Waals surface area contributed by atoms with Crippen LogP contribution in [0.25, 0.3) is 31.3 Å². The molecule has 0 amide bonds. The van der Waals surface area contributed by atoms with E-state index in [2.05, 4.69) is 106 Å². The first-order chi connectivity index (χ1) is 16.6. The van der Waals surface area contributed by atoms with E-state index in [4.69, 9.17) is 0 Å². The molecule has 2 aliphatic carbocycles. The number of hydrogen-bond donors (Lipinski definition) is 0. The number of fused-ring (bicyclic) bond motifs is 6. The molecule has 0 saturated heterocycles. The highest BCUT2D eigenvalue weighted by Crippen LogP contribution is 2.46. The lowest BCUT2D eigenvalue weighted by Crippen LogP contribution is -2.13. The molecule has 0 saturated carbocycles. The molecule has 0 aromatic heterocycles. The van der Waals surface area contributed by atoms with Crippen LogP contribution in [0.2, 0.25) is 13.1 Å². The van der Waals surface area contributed by atoms with Gasteiger partial charge in [0, 0.05) is 8.41 Å². The van der Waals surface area contributed by atoms with Crippen molar-refractivity contribution in [2.45, 2.75) is 43.8 Å². The quantitative estimate of drug-likeness (QED) is 0.266. The van der Waals surface area contributed by atoms with Gasteiger partial charge < -0.3 is 0 Å². The summed E-state index contributed by atoms with van der Waals surface area (Å²) in [5.74, 6) is 0. The molecule has 0 heterocycles. The predicted octanol–water partition coefficient (Wildman–Crippen LogP) is 8.24. The van der Waals surface area contributed by atoms with Crippen molar-refractivity contribution < 1.29 is 0 Å². The summed E-state index contributed by atoms with van der Waals surface area (Å²) < 4.78 is 2.35. The van der Waals surface area contributed by atoms with E-state index in [9.17, 15) is 0 Å². The van der Waals surface area contributed by atoms with Gasteiger partial charge in [-0.2, -0.15) is 3.70 Å². The smallest absolute Gasteiger partial charge is 0.161 e. The van der Waals surface area contributed by atoms with Crippen molar-refractivity contribution in [1.29, 1.82) is 0 Å². The van der Waals surface area contributed by atoms with Crippen LogP contribution in [0.5, 0.6) is 0 Å². The van der Waals surface area contributed by atoms with Gasteiger partial charge >= 0.3 is 20.4 Å². The summed E-state index contributed by atoms with van der Waals surface area (Å²) in [6.07, 6.45) is 4.81. The van der Waals surface area contributed by atoms with Gasteiger partial charge in [0.1, 0.15) is 0 Å². The van der Waals surface area contributed by atoms with Crippen LogP contribution in [0, 0.1) is 0 Å². The summed E-state index contributed by atoms with van der Waals surface area (Å²) in [7, 11) is -0.564. The number of allylic oxidation sites excluding steroid dienone is 2. The zero-order valence-electron chi connectivity index (χ0n) is 20.7. The maximum Gasteiger partial charge on any atom is 0.427 e. The van der Waals surface area contributed by atoms with E-state index in [0.29, 0.717) is 4.05 Å². The molecule has 34 heavy (non-hydrogen) atoms. The summed E-state index contributed by atoms with van der Waals surface area (Å²) in [6.45, 7) is 9.70. The molecule has 0 radical (unpaired) electrons. The zero-order chi connectivity index (χ0) is 23.4. The average molecular weight is 467 g/mol. The molecule has 1 unspecified atom stereocenters. The Morgan fingerprint density at radius 1 is 0.765 bits per heavy atom. The maximum atomic E-state index is 2.52. The van der Waals surface area contributed by atoms with Crippen LogP contribution in [0.4, 0.5) is 0 Å². The normalized spacial score (nSPS) is 16.6. The number of benzene rings is 4. The summed E-state index contributed by atoms with van der Waals surface area (Å²) in [4.78, 5) is 0. The minimum Gasteiger partial charge on any atom is -0.161 e. The average Bonchev–Trinajstić information content (AvgIpc) is 3.39. The standard InChI is InChI=1S/C17H17Si.C15H13.Mg/c1-4-12-11-16-14-8-6-5-7-13(14)9-10-15(16)17(12)18(2)3;1-2-11-9-13-8-7-12-5-3-4-6-14(12)15(13)10-11;/h5-10H,4H2,1-3H3;3-10H,2H2,1H3;. The van der Waals surface area contributed by atoms with Crippen molar-refractivity contribution in [3.8, 4) is 0 Å². The van der Waals surface area contributed by atoms with Crippen LogP contribution >= 0.6 is 0 Å². The molecular formula is C32H30MgSi. The lowest BCUT2D eigenvalue weighted by molar-refractivity contribution is 1.01. The Morgan fingerprint density at radius 2 is 1.44 bits per heavy atom. The van der Waals surface area contributed by atoms with Crippen LogP contribution in [-0.4, -0.2) is 33.9 Å². The van der Waals surface area contributed by atoms with Gasteiger partial charge in [-0.1, -0.05) is 127 Å². The summed E-state index contributed by atoms with van der Waals surface area (Å²) in [6, 6.07) is 27.6. The van der Waals surface area contributed by atoms with E-state index >= 15 is 0 Å². The second-order valence-corrected chi connectivity index (χ2v) is 14.4. The highest BCUT2D eigenvalue weighted by Gasteiger charge is 2.34. The number of hydrogen-bond acceptors (Lipinski definition) is 0. The third-order valence-corrected chi connectivity index (χ3v) is 12.1. The molecule has 4 aromatic rings. The van der Waals surface area contributed by atoms with E-state index in [-0.39, 0.29) is 0 Å². The van der Waals surface area contributed by atoms with E-state index < -0.39 is 28.8 Å². The Balaban J connectivity index is 1.60. The Bertz CT molecular complexity index is 1560. The van der Waals surface area contributed by atoms with Crippen molar-refractivity contribution >= 4 is 65.3 Å². The second kappa shape index (κ2) is 8.75. The third kappa shape index (κ3) is 3.34. The topological polar surface area (TPSA) is 0 Å². The first-order valence-corrected chi connectivity index (χ1v) is 16.8. The first-order valence-electron chi connectivity index (χ1n) is 12.8. The second-order valence-electron chi connectivity index (χ2n) is 10.0. The van der Waals surface area contributed by atoms with E-state index in [0.717, 1.165) is 12.8 Å². The fourth-order valence-electron chi connectivity index (χ4n) is 6.55. The molecule has 1 atom stereocenters. The highest BCUT2D eigenvalue weighted by molar-refractivity contribution is 6.80. The molecule has 0 bridgehead atoms. The van der Waals surface area contributed by atoms with Gasteiger partial charge in [0.15, 0.2) is 0 Å². The van der Waals surface area contributed by atoms with E-state index in [1.807, 2.05) is 0 Å². The lowest BCUT2D eigenvalue weighted by Gasteiger charge is -2.20. The molecule has 0 spiro atoms. The van der Waals surface area contributed by atoms with Gasteiger partial charge in [0.05, 0.1) is 0 Å². The van der Waals surface area contributed by atoms with Crippen molar-refractivity contribution in [3.63, 3.8) is 0 Å². The maximum absolute atomic E-state index is 2.52. The van der Waals surface area contributed by atoms with Gasteiger partial charge in [-0.25, -0.2) is 0 Å².